The van der Waals surface area contributed by atoms with E-state index in [1.165, 1.54) is 16.6 Å². The van der Waals surface area contributed by atoms with E-state index in [4.69, 9.17) is 0 Å². The highest BCUT2D eigenvalue weighted by molar-refractivity contribution is 7.88. The highest BCUT2D eigenvalue weighted by Crippen LogP contribution is 2.18. The van der Waals surface area contributed by atoms with Crippen LogP contribution in [0.4, 0.5) is 17.3 Å². The Kier molecular flexibility index (Phi) is 8.18. The van der Waals surface area contributed by atoms with Crippen LogP contribution in [0.3, 0.4) is 0 Å². The predicted molar refractivity (Wildman–Crippen MR) is 139 cm³/mol. The Morgan fingerprint density at radius 3 is 2.64 bits per heavy atom. The van der Waals surface area contributed by atoms with Gasteiger partial charge in [0.1, 0.15) is 5.65 Å². The lowest BCUT2D eigenvalue weighted by Crippen LogP contribution is -2.42. The monoisotopic (exact) mass is 534 g/mol. The van der Waals surface area contributed by atoms with Crippen LogP contribution in [0.5, 0.6) is 0 Å². The van der Waals surface area contributed by atoms with Crippen LogP contribution >= 0.6 is 0 Å². The Morgan fingerprint density at radius 2 is 1.92 bits per heavy atom. The Morgan fingerprint density at radius 1 is 1.17 bits per heavy atom. The zero-order valence-corrected chi connectivity index (χ0v) is 21.3. The van der Waals surface area contributed by atoms with Crippen molar-refractivity contribution in [2.24, 2.45) is 0 Å². The summed E-state index contributed by atoms with van der Waals surface area (Å²) < 4.78 is 50.5. The molecule has 1 aliphatic rings. The van der Waals surface area contributed by atoms with Crippen molar-refractivity contribution >= 4 is 49.6 Å². The van der Waals surface area contributed by atoms with Crippen molar-refractivity contribution in [2.45, 2.75) is 31.8 Å². The van der Waals surface area contributed by atoms with E-state index in [2.05, 4.69) is 25.3 Å². The number of pyridine rings is 1. The van der Waals surface area contributed by atoms with Gasteiger partial charge < -0.3 is 19.9 Å². The SMILES string of the molecule is CS(=O)(=O)N1CCC(Nc2ncc3ccc(=O)n(CCCNc4cccc(NS(=O)[O-])c4)c3n2)CC1. The highest BCUT2D eigenvalue weighted by atomic mass is 32.2. The minimum atomic E-state index is -3.19. The summed E-state index contributed by atoms with van der Waals surface area (Å²) in [6.07, 6.45) is 4.80. The zero-order valence-electron chi connectivity index (χ0n) is 19.7. The quantitative estimate of drug-likeness (QED) is 0.257. The average Bonchev–Trinajstić information content (AvgIpc) is 2.82. The average molecular weight is 535 g/mol. The topological polar surface area (TPSA) is 161 Å². The first-order valence-electron chi connectivity index (χ1n) is 11.5. The lowest BCUT2D eigenvalue weighted by Gasteiger charge is -2.30. The van der Waals surface area contributed by atoms with Crippen molar-refractivity contribution in [1.29, 1.82) is 0 Å². The summed E-state index contributed by atoms with van der Waals surface area (Å²) in [4.78, 5) is 21.6. The molecule has 14 heteroatoms. The molecule has 0 radical (unpaired) electrons. The minimum Gasteiger partial charge on any atom is -0.755 e. The number of sulfonamides is 1. The molecule has 12 nitrogen and oxygen atoms in total. The third-order valence-electron chi connectivity index (χ3n) is 5.93. The van der Waals surface area contributed by atoms with Crippen molar-refractivity contribution in [3.05, 3.63) is 52.9 Å². The van der Waals surface area contributed by atoms with Gasteiger partial charge in [0.2, 0.25) is 16.0 Å². The third-order valence-corrected chi connectivity index (χ3v) is 7.64. The van der Waals surface area contributed by atoms with Crippen molar-refractivity contribution < 1.29 is 17.2 Å². The molecule has 1 fully saturated rings. The predicted octanol–water partition coefficient (Wildman–Crippen LogP) is 1.34. The molecule has 0 spiro atoms. The largest absolute Gasteiger partial charge is 0.755 e. The number of nitrogens with zero attached hydrogens (tertiary/aromatic N) is 4. The highest BCUT2D eigenvalue weighted by Gasteiger charge is 2.25. The summed E-state index contributed by atoms with van der Waals surface area (Å²) in [6.45, 7) is 1.86. The number of hydrogen-bond acceptors (Lipinski definition) is 9. The smallest absolute Gasteiger partial charge is 0.252 e. The first-order chi connectivity index (χ1) is 17.2. The van der Waals surface area contributed by atoms with E-state index >= 15 is 0 Å². The summed E-state index contributed by atoms with van der Waals surface area (Å²) in [6, 6.07) is 10.1. The molecule has 1 atom stereocenters. The van der Waals surface area contributed by atoms with Gasteiger partial charge in [-0.15, -0.1) is 0 Å². The van der Waals surface area contributed by atoms with Crippen molar-refractivity contribution in [3.63, 3.8) is 0 Å². The molecule has 0 saturated carbocycles. The van der Waals surface area contributed by atoms with Crippen molar-refractivity contribution in [3.8, 4) is 0 Å². The Hall–Kier alpha value is -3.07. The van der Waals surface area contributed by atoms with Crippen molar-refractivity contribution in [2.75, 3.05) is 41.2 Å². The van der Waals surface area contributed by atoms with Crippen LogP contribution < -0.4 is 20.9 Å². The third kappa shape index (κ3) is 6.78. The van der Waals surface area contributed by atoms with Crippen LogP contribution in [0.25, 0.3) is 11.0 Å². The Labute approximate surface area is 211 Å². The molecule has 36 heavy (non-hydrogen) atoms. The summed E-state index contributed by atoms with van der Waals surface area (Å²) in [5, 5.41) is 7.25. The molecule has 1 aromatic carbocycles. The van der Waals surface area contributed by atoms with Gasteiger partial charge in [0.15, 0.2) is 0 Å². The fourth-order valence-electron chi connectivity index (χ4n) is 4.13. The second-order valence-corrected chi connectivity index (χ2v) is 11.2. The molecule has 0 bridgehead atoms. The summed E-state index contributed by atoms with van der Waals surface area (Å²) in [5.74, 6) is 0.401. The Bertz CT molecular complexity index is 1410. The Balaban J connectivity index is 1.39. The number of aryl methyl sites for hydroxylation is 1. The molecule has 4 rings (SSSR count). The first kappa shape index (κ1) is 26.0. The van der Waals surface area contributed by atoms with Gasteiger partial charge in [0.25, 0.3) is 5.56 Å². The number of rotatable bonds is 10. The molecule has 0 aliphatic carbocycles. The number of benzene rings is 1. The number of aromatic nitrogens is 3. The number of piperidine rings is 1. The molecule has 1 saturated heterocycles. The van der Waals surface area contributed by atoms with Gasteiger partial charge in [-0.3, -0.25) is 13.6 Å². The molecular weight excluding hydrogens is 506 g/mol. The molecule has 3 aromatic rings. The van der Waals surface area contributed by atoms with Gasteiger partial charge in [0, 0.05) is 72.5 Å². The molecule has 1 unspecified atom stereocenters. The summed E-state index contributed by atoms with van der Waals surface area (Å²) in [7, 11) is -3.19. The normalized spacial score (nSPS) is 16.1. The van der Waals surface area contributed by atoms with E-state index in [0.29, 0.717) is 62.7 Å². The molecule has 2 aromatic heterocycles. The van der Waals surface area contributed by atoms with E-state index in [1.54, 1.807) is 35.0 Å². The van der Waals surface area contributed by atoms with Crippen molar-refractivity contribution in [1.82, 2.24) is 18.8 Å². The standard InChI is InChI=1S/C22H29N7O5S2/c1-36(33,34)28-12-8-17(9-13-28)25-22-24-15-16-6-7-20(30)29(21(16)26-22)11-3-10-23-18-4-2-5-19(14-18)27-35(31)32/h2,4-7,14-15,17,23,27H,3,8-13H2,1H3,(H,31,32)(H,24,25,26)/p-1. The fourth-order valence-corrected chi connectivity index (χ4v) is 5.32. The van der Waals surface area contributed by atoms with Crippen LogP contribution in [0.15, 0.2) is 47.4 Å². The van der Waals surface area contributed by atoms with E-state index < -0.39 is 21.3 Å². The summed E-state index contributed by atoms with van der Waals surface area (Å²) in [5.41, 5.74) is 1.57. The fraction of sp³-hybridized carbons (Fsp3) is 0.409. The van der Waals surface area contributed by atoms with Crippen LogP contribution in [-0.4, -0.2) is 68.0 Å². The number of fused-ring (bicyclic) bond motifs is 1. The first-order valence-corrected chi connectivity index (χ1v) is 14.4. The van der Waals surface area contributed by atoms with Gasteiger partial charge in [-0.05, 0) is 43.5 Å². The van der Waals surface area contributed by atoms with Gasteiger partial charge in [-0.2, -0.15) is 4.98 Å². The second kappa shape index (κ2) is 11.3. The van der Waals surface area contributed by atoms with E-state index in [0.717, 1.165) is 11.1 Å². The minimum absolute atomic E-state index is 0.0397. The van der Waals surface area contributed by atoms with Gasteiger partial charge in [-0.1, -0.05) is 6.07 Å². The molecule has 194 valence electrons. The van der Waals surface area contributed by atoms with Gasteiger partial charge in [-0.25, -0.2) is 17.7 Å². The van der Waals surface area contributed by atoms with E-state index in [9.17, 15) is 22.0 Å². The maximum absolute atomic E-state index is 12.6. The van der Waals surface area contributed by atoms with Crippen LogP contribution in [-0.2, 0) is 27.8 Å². The zero-order chi connectivity index (χ0) is 25.7. The molecule has 3 heterocycles. The van der Waals surface area contributed by atoms with E-state index in [-0.39, 0.29) is 11.6 Å². The number of anilines is 3. The van der Waals surface area contributed by atoms with Crippen LogP contribution in [0, 0.1) is 0 Å². The van der Waals surface area contributed by atoms with Crippen LogP contribution in [0.2, 0.25) is 0 Å². The number of hydrogen-bond donors (Lipinski definition) is 3. The maximum Gasteiger partial charge on any atom is 0.252 e. The number of nitrogens with one attached hydrogen (secondary N) is 3. The maximum atomic E-state index is 12.6. The summed E-state index contributed by atoms with van der Waals surface area (Å²) >= 11 is -2.39. The molecule has 1 aliphatic heterocycles. The van der Waals surface area contributed by atoms with E-state index in [1.807, 2.05) is 6.07 Å². The molecular formula is C22H28N7O5S2-. The lowest BCUT2D eigenvalue weighted by atomic mass is 10.1. The van der Waals surface area contributed by atoms with Gasteiger partial charge >= 0.3 is 0 Å². The second-order valence-electron chi connectivity index (χ2n) is 8.57. The van der Waals surface area contributed by atoms with Gasteiger partial charge in [0.05, 0.1) is 6.26 Å². The lowest BCUT2D eigenvalue weighted by molar-refractivity contribution is 0.331. The van der Waals surface area contributed by atoms with Crippen LogP contribution in [0.1, 0.15) is 19.3 Å². The molecule has 0 amide bonds. The molecule has 3 N–H and O–H groups in total.